The first-order valence-corrected chi connectivity index (χ1v) is 8.26. The van der Waals surface area contributed by atoms with E-state index in [-0.39, 0.29) is 5.91 Å². The van der Waals surface area contributed by atoms with Gasteiger partial charge in [0.1, 0.15) is 5.82 Å². The van der Waals surface area contributed by atoms with Gasteiger partial charge in [-0.2, -0.15) is 0 Å². The van der Waals surface area contributed by atoms with E-state index in [0.29, 0.717) is 17.9 Å². The number of anilines is 1. The van der Waals surface area contributed by atoms with Gasteiger partial charge in [-0.05, 0) is 24.6 Å². The number of nitrogens with one attached hydrogen (secondary N) is 1. The first kappa shape index (κ1) is 16.0. The smallest absolute Gasteiger partial charge is 0.268 e. The Morgan fingerprint density at radius 2 is 2.00 bits per heavy atom. The zero-order chi connectivity index (χ0) is 17.9. The van der Waals surface area contributed by atoms with Crippen LogP contribution in [-0.2, 0) is 9.63 Å². The number of pyridine rings is 1. The Balaban J connectivity index is 1.50. The summed E-state index contributed by atoms with van der Waals surface area (Å²) in [6, 6.07) is 13.3. The maximum atomic E-state index is 12.6. The van der Waals surface area contributed by atoms with Crippen LogP contribution in [-0.4, -0.2) is 32.3 Å². The third-order valence-electron chi connectivity index (χ3n) is 4.17. The van der Waals surface area contributed by atoms with E-state index < -0.39 is 6.10 Å². The van der Waals surface area contributed by atoms with Gasteiger partial charge < -0.3 is 10.2 Å². The number of benzene rings is 1. The summed E-state index contributed by atoms with van der Waals surface area (Å²) in [6.45, 7) is 1.88. The molecule has 1 aliphatic rings. The van der Waals surface area contributed by atoms with Crippen molar-refractivity contribution in [1.29, 1.82) is 0 Å². The Kier molecular flexibility index (Phi) is 4.18. The summed E-state index contributed by atoms with van der Waals surface area (Å²) < 4.78 is 1.82. The molecule has 1 aliphatic heterocycles. The molecule has 0 saturated carbocycles. The topological polar surface area (TPSA) is 81.4 Å². The lowest BCUT2D eigenvalue weighted by atomic mass is 10.0. The van der Waals surface area contributed by atoms with Gasteiger partial charge in [0.2, 0.25) is 6.10 Å². The third-order valence-corrected chi connectivity index (χ3v) is 4.17. The highest BCUT2D eigenvalue weighted by molar-refractivity contribution is 6.06. The second-order valence-corrected chi connectivity index (χ2v) is 5.91. The average Bonchev–Trinajstić information content (AvgIpc) is 3.32. The molecule has 2 aromatic heterocycles. The minimum absolute atomic E-state index is 0.258. The molecule has 1 unspecified atom stereocenters. The first-order chi connectivity index (χ1) is 12.7. The fourth-order valence-electron chi connectivity index (χ4n) is 2.82. The zero-order valence-corrected chi connectivity index (χ0v) is 14.2. The molecule has 0 bridgehead atoms. The van der Waals surface area contributed by atoms with E-state index in [9.17, 15) is 4.79 Å². The number of carbonyl (C=O) groups is 1. The lowest BCUT2D eigenvalue weighted by Crippen LogP contribution is -2.28. The number of aryl methyl sites for hydroxylation is 1. The van der Waals surface area contributed by atoms with Crippen molar-refractivity contribution in [2.45, 2.75) is 19.4 Å². The molecule has 3 heterocycles. The average molecular weight is 347 g/mol. The van der Waals surface area contributed by atoms with E-state index >= 15 is 0 Å². The van der Waals surface area contributed by atoms with E-state index in [2.05, 4.69) is 20.4 Å². The van der Waals surface area contributed by atoms with Gasteiger partial charge in [-0.1, -0.05) is 35.5 Å². The number of carbonyl (C=O) groups excluding carboxylic acids is 1. The SMILES string of the molecule is Cc1nccn1-c1ncccc1NC(=O)C1CC(c2ccccc2)=NO1. The summed E-state index contributed by atoms with van der Waals surface area (Å²) in [5, 5.41) is 6.95. The highest BCUT2D eigenvalue weighted by Crippen LogP contribution is 2.22. The number of hydrogen-bond acceptors (Lipinski definition) is 5. The van der Waals surface area contributed by atoms with E-state index in [1.54, 1.807) is 30.7 Å². The largest absolute Gasteiger partial charge is 0.382 e. The number of rotatable bonds is 4. The first-order valence-electron chi connectivity index (χ1n) is 8.26. The van der Waals surface area contributed by atoms with Gasteiger partial charge >= 0.3 is 0 Å². The predicted molar refractivity (Wildman–Crippen MR) is 97.2 cm³/mol. The van der Waals surface area contributed by atoms with Crippen LogP contribution >= 0.6 is 0 Å². The Morgan fingerprint density at radius 3 is 2.77 bits per heavy atom. The zero-order valence-electron chi connectivity index (χ0n) is 14.2. The van der Waals surface area contributed by atoms with Crippen molar-refractivity contribution in [3.63, 3.8) is 0 Å². The van der Waals surface area contributed by atoms with Gasteiger partial charge in [0.05, 0.1) is 11.4 Å². The fourth-order valence-corrected chi connectivity index (χ4v) is 2.82. The normalized spacial score (nSPS) is 16.0. The summed E-state index contributed by atoms with van der Waals surface area (Å²) >= 11 is 0. The second-order valence-electron chi connectivity index (χ2n) is 5.91. The number of aromatic nitrogens is 3. The molecule has 7 nitrogen and oxygen atoms in total. The lowest BCUT2D eigenvalue weighted by Gasteiger charge is -2.13. The molecule has 1 aromatic carbocycles. The Morgan fingerprint density at radius 1 is 1.15 bits per heavy atom. The summed E-state index contributed by atoms with van der Waals surface area (Å²) in [7, 11) is 0. The summed E-state index contributed by atoms with van der Waals surface area (Å²) in [5.41, 5.74) is 2.32. The molecule has 1 atom stereocenters. The van der Waals surface area contributed by atoms with Gasteiger partial charge in [-0.25, -0.2) is 9.97 Å². The lowest BCUT2D eigenvalue weighted by molar-refractivity contribution is -0.125. The van der Waals surface area contributed by atoms with Crippen LogP contribution < -0.4 is 5.32 Å². The van der Waals surface area contributed by atoms with Gasteiger partial charge in [0.15, 0.2) is 5.82 Å². The van der Waals surface area contributed by atoms with Crippen LogP contribution in [0.15, 0.2) is 66.2 Å². The minimum Gasteiger partial charge on any atom is -0.382 e. The second kappa shape index (κ2) is 6.79. The van der Waals surface area contributed by atoms with Gasteiger partial charge in [-0.15, -0.1) is 0 Å². The van der Waals surface area contributed by atoms with Crippen molar-refractivity contribution in [1.82, 2.24) is 14.5 Å². The Labute approximate surface area is 150 Å². The summed E-state index contributed by atoms with van der Waals surface area (Å²) in [5.74, 6) is 1.13. The van der Waals surface area contributed by atoms with Crippen molar-refractivity contribution in [3.05, 3.63) is 72.4 Å². The molecule has 1 amide bonds. The van der Waals surface area contributed by atoms with Crippen LogP contribution in [0.2, 0.25) is 0 Å². The van der Waals surface area contributed by atoms with Crippen molar-refractivity contribution in [2.24, 2.45) is 5.16 Å². The summed E-state index contributed by atoms with van der Waals surface area (Å²) in [6.07, 6.45) is 4.93. The van der Waals surface area contributed by atoms with Crippen LogP contribution in [0, 0.1) is 6.92 Å². The molecule has 0 aliphatic carbocycles. The molecule has 0 spiro atoms. The van der Waals surface area contributed by atoms with Crippen molar-refractivity contribution in [3.8, 4) is 5.82 Å². The van der Waals surface area contributed by atoms with Crippen LogP contribution in [0.1, 0.15) is 17.8 Å². The quantitative estimate of drug-likeness (QED) is 0.787. The van der Waals surface area contributed by atoms with E-state index in [1.807, 2.05) is 41.8 Å². The fraction of sp³-hybridized carbons (Fsp3) is 0.158. The van der Waals surface area contributed by atoms with Crippen molar-refractivity contribution >= 4 is 17.3 Å². The molecule has 7 heteroatoms. The Hall–Kier alpha value is -3.48. The monoisotopic (exact) mass is 347 g/mol. The molecule has 4 rings (SSSR count). The van der Waals surface area contributed by atoms with Crippen LogP contribution in [0.3, 0.4) is 0 Å². The highest BCUT2D eigenvalue weighted by atomic mass is 16.6. The number of imidazole rings is 1. The third kappa shape index (κ3) is 3.06. The molecule has 0 fully saturated rings. The minimum atomic E-state index is -0.665. The molecule has 26 heavy (non-hydrogen) atoms. The van der Waals surface area contributed by atoms with Crippen molar-refractivity contribution < 1.29 is 9.63 Å². The maximum absolute atomic E-state index is 12.6. The highest BCUT2D eigenvalue weighted by Gasteiger charge is 2.29. The number of amides is 1. The van der Waals surface area contributed by atoms with Crippen LogP contribution in [0.4, 0.5) is 5.69 Å². The number of oxime groups is 1. The van der Waals surface area contributed by atoms with E-state index in [1.165, 1.54) is 0 Å². The predicted octanol–water partition coefficient (Wildman–Crippen LogP) is 2.71. The summed E-state index contributed by atoms with van der Waals surface area (Å²) in [4.78, 5) is 26.5. The molecule has 0 saturated heterocycles. The Bertz CT molecular complexity index is 965. The molecule has 1 N–H and O–H groups in total. The molecule has 3 aromatic rings. The van der Waals surface area contributed by atoms with Crippen molar-refractivity contribution in [2.75, 3.05) is 5.32 Å². The molecule has 130 valence electrons. The van der Waals surface area contributed by atoms with Crippen LogP contribution in [0.5, 0.6) is 0 Å². The van der Waals surface area contributed by atoms with Gasteiger partial charge in [0.25, 0.3) is 5.91 Å². The maximum Gasteiger partial charge on any atom is 0.268 e. The van der Waals surface area contributed by atoms with Gasteiger partial charge in [0, 0.05) is 25.0 Å². The molecular weight excluding hydrogens is 330 g/mol. The molecule has 0 radical (unpaired) electrons. The van der Waals surface area contributed by atoms with Crippen LogP contribution in [0.25, 0.3) is 5.82 Å². The van der Waals surface area contributed by atoms with E-state index in [0.717, 1.165) is 17.1 Å². The standard InChI is InChI=1S/C19H17N5O2/c1-13-20-10-11-24(13)18-15(8-5-9-21-18)22-19(25)17-12-16(23-26-17)14-6-3-2-4-7-14/h2-11,17H,12H2,1H3,(H,22,25). The number of nitrogens with zero attached hydrogens (tertiary/aromatic N) is 4. The van der Waals surface area contributed by atoms with E-state index in [4.69, 9.17) is 4.84 Å². The molecular formula is C19H17N5O2. The number of hydrogen-bond donors (Lipinski definition) is 1. The van der Waals surface area contributed by atoms with Gasteiger partial charge in [-0.3, -0.25) is 9.36 Å².